The average Bonchev–Trinajstić information content (AvgIpc) is 2.53. The highest BCUT2D eigenvalue weighted by atomic mass is 32.3. The summed E-state index contributed by atoms with van der Waals surface area (Å²) in [4.78, 5) is -0.922. The third-order valence-electron chi connectivity index (χ3n) is 3.12. The van der Waals surface area contributed by atoms with Gasteiger partial charge in [-0.2, -0.15) is 0 Å². The van der Waals surface area contributed by atoms with Crippen LogP contribution in [0.2, 0.25) is 0 Å². The second-order valence-electron chi connectivity index (χ2n) is 4.99. The van der Waals surface area contributed by atoms with E-state index in [1.54, 1.807) is 0 Å². The van der Waals surface area contributed by atoms with Gasteiger partial charge in [0.25, 0.3) is 20.0 Å². The Labute approximate surface area is 147 Å². The van der Waals surface area contributed by atoms with Crippen LogP contribution in [-0.2, 0) is 30.1 Å². The van der Waals surface area contributed by atoms with E-state index in [1.165, 1.54) is 36.4 Å². The van der Waals surface area contributed by atoms with Gasteiger partial charge in [0.1, 0.15) is 0 Å². The van der Waals surface area contributed by atoms with Crippen molar-refractivity contribution < 1.29 is 25.3 Å². The Morgan fingerprint density at radius 1 is 0.760 bits per heavy atom. The Morgan fingerprint density at radius 3 is 1.60 bits per heavy atom. The van der Waals surface area contributed by atoms with Crippen molar-refractivity contribution in [2.45, 2.75) is 9.79 Å². The van der Waals surface area contributed by atoms with Crippen molar-refractivity contribution in [1.82, 2.24) is 3.12 Å². The van der Waals surface area contributed by atoms with Crippen molar-refractivity contribution in [2.75, 3.05) is 6.26 Å². The van der Waals surface area contributed by atoms with Crippen LogP contribution in [0.15, 0.2) is 71.0 Å². The zero-order valence-electron chi connectivity index (χ0n) is 13.1. The van der Waals surface area contributed by atoms with Crippen LogP contribution in [0.3, 0.4) is 0 Å². The third-order valence-corrected chi connectivity index (χ3v) is 10.2. The molecule has 0 bridgehead atoms. The standard InChI is InChI=1S/C15H15NO6S3/c1-3-13-9-11-15(12-10-13)25(21,22)16(23(2,17)18)24(19,20)14-7-5-4-6-8-14/h3-12H,1H2,2H3. The normalized spacial score (nSPS) is 12.9. The number of nitrogens with zero attached hydrogens (tertiary/aromatic N) is 1. The molecule has 2 rings (SSSR count). The summed E-state index contributed by atoms with van der Waals surface area (Å²) >= 11 is 0. The maximum absolute atomic E-state index is 12.7. The summed E-state index contributed by atoms with van der Waals surface area (Å²) in [6, 6.07) is 11.5. The first-order chi connectivity index (χ1) is 11.5. The minimum absolute atomic E-state index is 0.452. The van der Waals surface area contributed by atoms with E-state index in [1.807, 2.05) is 0 Å². The van der Waals surface area contributed by atoms with E-state index < -0.39 is 43.0 Å². The molecule has 0 aromatic heterocycles. The van der Waals surface area contributed by atoms with Gasteiger partial charge in [-0.15, -0.1) is 0 Å². The van der Waals surface area contributed by atoms with Crippen LogP contribution in [-0.4, -0.2) is 34.6 Å². The SMILES string of the molecule is C=Cc1ccc(S(=O)(=O)N(S(C)(=O)=O)S(=O)(=O)c2ccccc2)cc1. The van der Waals surface area contributed by atoms with Crippen molar-refractivity contribution in [2.24, 2.45) is 0 Å². The highest BCUT2D eigenvalue weighted by Gasteiger charge is 2.44. The molecule has 0 spiro atoms. The van der Waals surface area contributed by atoms with Crippen molar-refractivity contribution >= 4 is 36.1 Å². The third kappa shape index (κ3) is 3.82. The molecule has 0 aliphatic heterocycles. The van der Waals surface area contributed by atoms with Crippen LogP contribution in [0.25, 0.3) is 6.08 Å². The molecule has 0 N–H and O–H groups in total. The first-order valence-corrected chi connectivity index (χ1v) is 11.5. The van der Waals surface area contributed by atoms with Crippen molar-refractivity contribution in [3.8, 4) is 0 Å². The highest BCUT2D eigenvalue weighted by molar-refractivity contribution is 8.17. The Morgan fingerprint density at radius 2 is 1.20 bits per heavy atom. The molecule has 25 heavy (non-hydrogen) atoms. The Balaban J connectivity index is 2.72. The summed E-state index contributed by atoms with van der Waals surface area (Å²) in [5.74, 6) is 0. The van der Waals surface area contributed by atoms with E-state index in [0.29, 0.717) is 11.8 Å². The minimum Gasteiger partial charge on any atom is -0.210 e. The fourth-order valence-electron chi connectivity index (χ4n) is 2.03. The summed E-state index contributed by atoms with van der Waals surface area (Å²) in [6.07, 6.45) is 1.98. The van der Waals surface area contributed by atoms with E-state index in [0.717, 1.165) is 24.3 Å². The van der Waals surface area contributed by atoms with E-state index in [2.05, 4.69) is 6.58 Å². The zero-order valence-corrected chi connectivity index (χ0v) is 15.6. The van der Waals surface area contributed by atoms with E-state index in [-0.39, 0.29) is 0 Å². The van der Waals surface area contributed by atoms with Crippen LogP contribution in [0, 0.1) is 0 Å². The van der Waals surface area contributed by atoms with E-state index >= 15 is 0 Å². The second kappa shape index (κ2) is 6.71. The summed E-state index contributed by atoms with van der Waals surface area (Å²) in [5, 5.41) is 0. The maximum Gasteiger partial charge on any atom is 0.270 e. The molecule has 0 heterocycles. The van der Waals surface area contributed by atoms with Crippen molar-refractivity contribution in [3.05, 3.63) is 66.7 Å². The fraction of sp³-hybridized carbons (Fsp3) is 0.0667. The summed E-state index contributed by atoms with van der Waals surface area (Å²) in [7, 11) is -14.4. The summed E-state index contributed by atoms with van der Waals surface area (Å²) < 4.78 is 74.5. The van der Waals surface area contributed by atoms with Gasteiger partial charge in [-0.05, 0) is 29.8 Å². The first-order valence-electron chi connectivity index (χ1n) is 6.79. The van der Waals surface area contributed by atoms with Crippen LogP contribution >= 0.6 is 0 Å². The Hall–Kier alpha value is -2.01. The zero-order chi connectivity index (χ0) is 18.9. The monoisotopic (exact) mass is 401 g/mol. The summed E-state index contributed by atoms with van der Waals surface area (Å²) in [6.45, 7) is 3.52. The Kier molecular flexibility index (Phi) is 5.19. The number of benzene rings is 2. The fourth-order valence-corrected chi connectivity index (χ4v) is 8.27. The van der Waals surface area contributed by atoms with Gasteiger partial charge in [0.15, 0.2) is 0 Å². The van der Waals surface area contributed by atoms with Gasteiger partial charge in [0.05, 0.1) is 16.0 Å². The average molecular weight is 401 g/mol. The lowest BCUT2D eigenvalue weighted by atomic mass is 10.2. The smallest absolute Gasteiger partial charge is 0.210 e. The highest BCUT2D eigenvalue weighted by Crippen LogP contribution is 2.27. The second-order valence-corrected chi connectivity index (χ2v) is 11.1. The molecule has 7 nitrogen and oxygen atoms in total. The van der Waals surface area contributed by atoms with E-state index in [9.17, 15) is 25.3 Å². The molecule has 134 valence electrons. The molecule has 0 aliphatic rings. The van der Waals surface area contributed by atoms with Crippen molar-refractivity contribution in [3.63, 3.8) is 0 Å². The Bertz CT molecular complexity index is 1090. The molecule has 0 saturated carbocycles. The van der Waals surface area contributed by atoms with Crippen LogP contribution < -0.4 is 0 Å². The quantitative estimate of drug-likeness (QED) is 0.729. The molecule has 0 unspecified atom stereocenters. The predicted octanol–water partition coefficient (Wildman–Crippen LogP) is 1.67. The molecular weight excluding hydrogens is 386 g/mol. The van der Waals surface area contributed by atoms with Gasteiger partial charge in [-0.1, -0.05) is 43.0 Å². The minimum atomic E-state index is -4.87. The molecule has 0 radical (unpaired) electrons. The lowest BCUT2D eigenvalue weighted by Crippen LogP contribution is -2.41. The molecule has 0 amide bonds. The molecule has 0 saturated heterocycles. The van der Waals surface area contributed by atoms with E-state index in [4.69, 9.17) is 0 Å². The molecular formula is C15H15NO6S3. The van der Waals surface area contributed by atoms with Gasteiger partial charge >= 0.3 is 0 Å². The molecule has 0 atom stereocenters. The largest absolute Gasteiger partial charge is 0.270 e. The summed E-state index contributed by atoms with van der Waals surface area (Å²) in [5.41, 5.74) is 0.593. The van der Waals surface area contributed by atoms with Gasteiger partial charge in [-0.3, -0.25) is 0 Å². The van der Waals surface area contributed by atoms with Crippen molar-refractivity contribution in [1.29, 1.82) is 0 Å². The van der Waals surface area contributed by atoms with Gasteiger partial charge < -0.3 is 0 Å². The number of rotatable bonds is 6. The van der Waals surface area contributed by atoms with Gasteiger partial charge in [-0.25, -0.2) is 25.3 Å². The topological polar surface area (TPSA) is 106 Å². The van der Waals surface area contributed by atoms with Crippen LogP contribution in [0.1, 0.15) is 5.56 Å². The lowest BCUT2D eigenvalue weighted by Gasteiger charge is -2.19. The number of hydrogen-bond acceptors (Lipinski definition) is 6. The lowest BCUT2D eigenvalue weighted by molar-refractivity contribution is 0.532. The molecule has 10 heteroatoms. The van der Waals surface area contributed by atoms with Crippen LogP contribution in [0.5, 0.6) is 0 Å². The maximum atomic E-state index is 12.7. The first kappa shape index (κ1) is 19.3. The molecule has 0 aliphatic carbocycles. The van der Waals surface area contributed by atoms with Crippen LogP contribution in [0.4, 0.5) is 0 Å². The molecule has 0 fully saturated rings. The number of hydrogen-bond donors (Lipinski definition) is 0. The van der Waals surface area contributed by atoms with Gasteiger partial charge in [0, 0.05) is 3.12 Å². The molecule has 2 aromatic carbocycles. The van der Waals surface area contributed by atoms with Gasteiger partial charge in [0.2, 0.25) is 10.0 Å². The molecule has 2 aromatic rings. The predicted molar refractivity (Wildman–Crippen MR) is 94.0 cm³/mol. The number of sulfonamides is 3.